The first kappa shape index (κ1) is 18.0. The van der Waals surface area contributed by atoms with Crippen molar-refractivity contribution in [2.45, 2.75) is 32.7 Å². The van der Waals surface area contributed by atoms with Crippen LogP contribution in [0.25, 0.3) is 0 Å². The lowest BCUT2D eigenvalue weighted by Crippen LogP contribution is -2.36. The van der Waals surface area contributed by atoms with Crippen LogP contribution in [0.3, 0.4) is 0 Å². The van der Waals surface area contributed by atoms with E-state index in [4.69, 9.17) is 4.74 Å². The van der Waals surface area contributed by atoms with Gasteiger partial charge in [-0.25, -0.2) is 0 Å². The van der Waals surface area contributed by atoms with Crippen LogP contribution in [0, 0.1) is 0 Å². The number of carbonyl (C=O) groups is 2. The predicted octanol–water partition coefficient (Wildman–Crippen LogP) is 3.53. The van der Waals surface area contributed by atoms with Crippen LogP contribution in [0.4, 0.5) is 5.69 Å². The fraction of sp³-hybridized carbons (Fsp3) is 0.333. The Labute approximate surface area is 154 Å². The zero-order valence-corrected chi connectivity index (χ0v) is 15.0. The van der Waals surface area contributed by atoms with Crippen LogP contribution < -0.4 is 15.0 Å². The molecule has 1 N–H and O–H groups in total. The van der Waals surface area contributed by atoms with Crippen molar-refractivity contribution in [3.8, 4) is 5.75 Å². The highest BCUT2D eigenvalue weighted by Gasteiger charge is 2.26. The number of ether oxygens (including phenoxy) is 1. The van der Waals surface area contributed by atoms with Gasteiger partial charge in [-0.15, -0.1) is 0 Å². The normalized spacial score (nSPS) is 13.8. The molecule has 2 aromatic rings. The molecule has 5 nitrogen and oxygen atoms in total. The SMILES string of the molecule is CCCCCOc1ccccc1CN1C(=O)CNC(=O)c2ccccc21. The molecule has 1 heterocycles. The largest absolute Gasteiger partial charge is 0.493 e. The summed E-state index contributed by atoms with van der Waals surface area (Å²) in [5, 5.41) is 2.67. The smallest absolute Gasteiger partial charge is 0.253 e. The highest BCUT2D eigenvalue weighted by Crippen LogP contribution is 2.27. The van der Waals surface area contributed by atoms with Crippen LogP contribution in [0.1, 0.15) is 42.1 Å². The molecule has 26 heavy (non-hydrogen) atoms. The number of hydrogen-bond acceptors (Lipinski definition) is 3. The number of rotatable bonds is 7. The molecular formula is C21H24N2O3. The summed E-state index contributed by atoms with van der Waals surface area (Å²) in [5.41, 5.74) is 2.08. The molecule has 0 bridgehead atoms. The average Bonchev–Trinajstić information content (AvgIpc) is 2.79. The summed E-state index contributed by atoms with van der Waals surface area (Å²) in [4.78, 5) is 26.5. The van der Waals surface area contributed by atoms with Gasteiger partial charge in [-0.2, -0.15) is 0 Å². The second-order valence-corrected chi connectivity index (χ2v) is 6.34. The van der Waals surface area contributed by atoms with Crippen molar-refractivity contribution in [1.82, 2.24) is 5.32 Å². The number of para-hydroxylation sites is 2. The standard InChI is InChI=1S/C21H24N2O3/c1-2-3-8-13-26-19-12-7-4-9-16(19)15-23-18-11-6-5-10-17(18)21(25)22-14-20(23)24/h4-7,9-12H,2-3,8,13-15H2,1H3,(H,22,25). The van der Waals surface area contributed by atoms with E-state index in [1.54, 1.807) is 17.0 Å². The monoisotopic (exact) mass is 352 g/mol. The molecule has 0 aliphatic carbocycles. The second kappa shape index (κ2) is 8.52. The fourth-order valence-corrected chi connectivity index (χ4v) is 3.04. The Morgan fingerprint density at radius 1 is 1.04 bits per heavy atom. The Hall–Kier alpha value is -2.82. The summed E-state index contributed by atoms with van der Waals surface area (Å²) >= 11 is 0. The van der Waals surface area contributed by atoms with E-state index in [9.17, 15) is 9.59 Å². The minimum atomic E-state index is -0.222. The molecule has 2 aromatic carbocycles. The Kier molecular flexibility index (Phi) is 5.89. The molecule has 0 radical (unpaired) electrons. The minimum Gasteiger partial charge on any atom is -0.493 e. The van der Waals surface area contributed by atoms with Gasteiger partial charge in [0.05, 0.1) is 30.9 Å². The first-order valence-corrected chi connectivity index (χ1v) is 9.09. The number of nitrogens with one attached hydrogen (secondary N) is 1. The molecule has 0 saturated heterocycles. The lowest BCUT2D eigenvalue weighted by atomic mass is 10.1. The van der Waals surface area contributed by atoms with Gasteiger partial charge in [0.15, 0.2) is 0 Å². The maximum Gasteiger partial charge on any atom is 0.253 e. The maximum absolute atomic E-state index is 12.6. The van der Waals surface area contributed by atoms with Gasteiger partial charge in [0.1, 0.15) is 5.75 Å². The summed E-state index contributed by atoms with van der Waals surface area (Å²) in [6, 6.07) is 15.0. The Balaban J connectivity index is 1.85. The molecule has 2 amide bonds. The van der Waals surface area contributed by atoms with Crippen LogP contribution in [-0.4, -0.2) is 25.0 Å². The number of carbonyl (C=O) groups excluding carboxylic acids is 2. The summed E-state index contributed by atoms with van der Waals surface area (Å²) < 4.78 is 5.94. The number of anilines is 1. The average molecular weight is 352 g/mol. The van der Waals surface area contributed by atoms with E-state index in [0.717, 1.165) is 30.6 Å². The number of nitrogens with zero attached hydrogens (tertiary/aromatic N) is 1. The first-order valence-electron chi connectivity index (χ1n) is 9.09. The van der Waals surface area contributed by atoms with Crippen LogP contribution in [-0.2, 0) is 11.3 Å². The molecule has 0 saturated carbocycles. The zero-order valence-electron chi connectivity index (χ0n) is 15.0. The lowest BCUT2D eigenvalue weighted by Gasteiger charge is -2.23. The third kappa shape index (κ3) is 4.04. The van der Waals surface area contributed by atoms with Gasteiger partial charge in [0.2, 0.25) is 5.91 Å². The molecule has 0 unspecified atom stereocenters. The number of fused-ring (bicyclic) bond motifs is 1. The lowest BCUT2D eigenvalue weighted by molar-refractivity contribution is -0.117. The molecule has 0 atom stereocenters. The molecule has 5 heteroatoms. The van der Waals surface area contributed by atoms with Gasteiger partial charge >= 0.3 is 0 Å². The number of amides is 2. The highest BCUT2D eigenvalue weighted by atomic mass is 16.5. The van der Waals surface area contributed by atoms with E-state index in [0.29, 0.717) is 24.4 Å². The van der Waals surface area contributed by atoms with Gasteiger partial charge in [-0.3, -0.25) is 9.59 Å². The molecule has 0 spiro atoms. The summed E-state index contributed by atoms with van der Waals surface area (Å²) in [6.45, 7) is 3.18. The Morgan fingerprint density at radius 3 is 2.65 bits per heavy atom. The first-order chi connectivity index (χ1) is 12.7. The quantitative estimate of drug-likeness (QED) is 0.776. The molecule has 1 aliphatic heterocycles. The number of hydrogen-bond donors (Lipinski definition) is 1. The Bertz CT molecular complexity index is 788. The maximum atomic E-state index is 12.6. The van der Waals surface area contributed by atoms with Crippen molar-refractivity contribution in [3.63, 3.8) is 0 Å². The fourth-order valence-electron chi connectivity index (χ4n) is 3.04. The van der Waals surface area contributed by atoms with E-state index in [-0.39, 0.29) is 18.4 Å². The molecule has 0 fully saturated rings. The van der Waals surface area contributed by atoms with E-state index in [2.05, 4.69) is 12.2 Å². The van der Waals surface area contributed by atoms with Gasteiger partial charge < -0.3 is 15.0 Å². The molecule has 0 aromatic heterocycles. The third-order valence-corrected chi connectivity index (χ3v) is 4.45. The number of unbranched alkanes of at least 4 members (excludes halogenated alkanes) is 2. The van der Waals surface area contributed by atoms with E-state index < -0.39 is 0 Å². The zero-order chi connectivity index (χ0) is 18.4. The summed E-state index contributed by atoms with van der Waals surface area (Å²) in [7, 11) is 0. The third-order valence-electron chi connectivity index (χ3n) is 4.45. The topological polar surface area (TPSA) is 58.6 Å². The summed E-state index contributed by atoms with van der Waals surface area (Å²) in [5.74, 6) is 0.432. The van der Waals surface area contributed by atoms with Gasteiger partial charge in [0.25, 0.3) is 5.91 Å². The second-order valence-electron chi connectivity index (χ2n) is 6.34. The number of benzene rings is 2. The van der Waals surface area contributed by atoms with Crippen LogP contribution in [0.5, 0.6) is 5.75 Å². The van der Waals surface area contributed by atoms with E-state index in [1.165, 1.54) is 0 Å². The minimum absolute atomic E-state index is 0.00691. The molecule has 3 rings (SSSR count). The van der Waals surface area contributed by atoms with Gasteiger partial charge in [-0.1, -0.05) is 50.1 Å². The summed E-state index contributed by atoms with van der Waals surface area (Å²) in [6.07, 6.45) is 3.29. The van der Waals surface area contributed by atoms with Crippen molar-refractivity contribution in [2.24, 2.45) is 0 Å². The predicted molar refractivity (Wildman–Crippen MR) is 101 cm³/mol. The highest BCUT2D eigenvalue weighted by molar-refractivity contribution is 6.09. The Morgan fingerprint density at radius 2 is 1.81 bits per heavy atom. The van der Waals surface area contributed by atoms with Crippen molar-refractivity contribution < 1.29 is 14.3 Å². The molecular weight excluding hydrogens is 328 g/mol. The van der Waals surface area contributed by atoms with Crippen molar-refractivity contribution in [3.05, 3.63) is 59.7 Å². The van der Waals surface area contributed by atoms with Crippen LogP contribution in [0.2, 0.25) is 0 Å². The van der Waals surface area contributed by atoms with E-state index in [1.807, 2.05) is 36.4 Å². The van der Waals surface area contributed by atoms with Crippen LogP contribution in [0.15, 0.2) is 48.5 Å². The van der Waals surface area contributed by atoms with Crippen molar-refractivity contribution >= 4 is 17.5 Å². The van der Waals surface area contributed by atoms with Gasteiger partial charge in [0, 0.05) is 5.56 Å². The molecule has 1 aliphatic rings. The molecule has 136 valence electrons. The van der Waals surface area contributed by atoms with Crippen molar-refractivity contribution in [2.75, 3.05) is 18.1 Å². The van der Waals surface area contributed by atoms with Crippen LogP contribution >= 0.6 is 0 Å². The van der Waals surface area contributed by atoms with Crippen molar-refractivity contribution in [1.29, 1.82) is 0 Å². The van der Waals surface area contributed by atoms with Gasteiger partial charge in [-0.05, 0) is 24.6 Å². The van der Waals surface area contributed by atoms with E-state index >= 15 is 0 Å².